The molecule has 4 aliphatic heterocycles. The summed E-state index contributed by atoms with van der Waals surface area (Å²) in [5, 5.41) is 127. The summed E-state index contributed by atoms with van der Waals surface area (Å²) in [6.07, 6.45) is -22.8. The van der Waals surface area contributed by atoms with E-state index in [2.05, 4.69) is 0 Å². The maximum atomic E-state index is 12.3. The number of esters is 1. The lowest BCUT2D eigenvalue weighted by Crippen LogP contribution is -2.64. The van der Waals surface area contributed by atoms with Crippen molar-refractivity contribution in [1.29, 1.82) is 0 Å². The van der Waals surface area contributed by atoms with Gasteiger partial charge in [0.05, 0.1) is 39.1 Å². The van der Waals surface area contributed by atoms with Gasteiger partial charge in [-0.05, 0) is 48.0 Å². The Morgan fingerprint density at radius 2 is 1.36 bits per heavy atom. The zero-order valence-electron chi connectivity index (χ0n) is 35.3. The van der Waals surface area contributed by atoms with E-state index in [9.17, 15) is 70.9 Å². The Morgan fingerprint density at radius 3 is 2.04 bits per heavy atom. The van der Waals surface area contributed by atoms with Crippen molar-refractivity contribution in [2.24, 2.45) is 0 Å². The van der Waals surface area contributed by atoms with Gasteiger partial charge in [-0.1, -0.05) is 0 Å². The number of methoxy groups -OCH3 is 2. The quantitative estimate of drug-likeness (QED) is 0.0280. The second-order valence-electron chi connectivity index (χ2n) is 15.6. The third-order valence-electron chi connectivity index (χ3n) is 11.1. The molecule has 0 bridgehead atoms. The van der Waals surface area contributed by atoms with E-state index in [1.807, 2.05) is 0 Å². The molecule has 1 aliphatic carbocycles. The fourth-order valence-electron chi connectivity index (χ4n) is 7.36. The van der Waals surface area contributed by atoms with Crippen molar-refractivity contribution in [3.63, 3.8) is 0 Å². The molecule has 0 saturated carbocycles. The van der Waals surface area contributed by atoms with Crippen LogP contribution in [0.3, 0.4) is 0 Å². The molecule has 364 valence electrons. The fraction of sp³-hybridized carbons (Fsp3) is 0.442. The Balaban J connectivity index is 1.12. The number of phenols is 4. The number of aliphatic hydroxyl groups is 8. The highest BCUT2D eigenvalue weighted by atomic mass is 16.8. The van der Waals surface area contributed by atoms with Crippen LogP contribution in [-0.2, 0) is 28.4 Å². The van der Waals surface area contributed by atoms with Gasteiger partial charge in [0.2, 0.25) is 18.6 Å². The first-order valence-electron chi connectivity index (χ1n) is 20.3. The number of fused-ring (bicyclic) bond motifs is 1. The van der Waals surface area contributed by atoms with Gasteiger partial charge in [-0.3, -0.25) is 4.79 Å². The van der Waals surface area contributed by atoms with E-state index in [1.165, 1.54) is 44.6 Å². The number of ether oxygens (including phenoxy) is 9. The Morgan fingerprint density at radius 1 is 0.701 bits per heavy atom. The summed E-state index contributed by atoms with van der Waals surface area (Å²) < 4.78 is 56.4. The Kier molecular flexibility index (Phi) is 15.1. The monoisotopic (exact) mass is 949 g/mol. The molecule has 2 aromatic rings. The van der Waals surface area contributed by atoms with Gasteiger partial charge >= 0.3 is 5.97 Å². The smallest absolute Gasteiger partial charge is 0.507 e. The van der Waals surface area contributed by atoms with Gasteiger partial charge in [0.25, 0.3) is 0 Å². The molecule has 13 N–H and O–H groups in total. The first-order chi connectivity index (χ1) is 31.9. The van der Waals surface area contributed by atoms with Crippen molar-refractivity contribution in [2.45, 2.75) is 86.0 Å². The maximum Gasteiger partial charge on any atom is 0.510 e. The lowest BCUT2D eigenvalue weighted by Gasteiger charge is -2.45. The van der Waals surface area contributed by atoms with E-state index in [-0.39, 0.29) is 45.6 Å². The summed E-state index contributed by atoms with van der Waals surface area (Å²) in [5.74, 6) is -3.21. The van der Waals surface area contributed by atoms with E-state index >= 15 is 0 Å². The van der Waals surface area contributed by atoms with Crippen molar-refractivity contribution in [3.05, 3.63) is 70.4 Å². The minimum absolute atomic E-state index is 0.0308. The Labute approximate surface area is 378 Å². The van der Waals surface area contributed by atoms with Gasteiger partial charge < -0.3 is 113 Å². The van der Waals surface area contributed by atoms with Crippen molar-refractivity contribution >= 4 is 12.0 Å². The van der Waals surface area contributed by atoms with Crippen molar-refractivity contribution < 1.29 is 113 Å². The van der Waals surface area contributed by atoms with Crippen molar-refractivity contribution in [3.8, 4) is 62.9 Å². The average Bonchev–Trinajstić information content (AvgIpc) is 3.30. The molecule has 67 heavy (non-hydrogen) atoms. The molecule has 7 rings (SSSR count). The van der Waals surface area contributed by atoms with Crippen LogP contribution in [0.2, 0.25) is 0 Å². The molecule has 14 atom stereocenters. The standard InChI is InChI=1S/C43H48O24/c1-58-25-7-16(8-26(59-2)32(25)51)3-6-30(49)60-14-28-33(52)35(54)38(57)41(65-28)62-15-29-34(53)36(55)40(67-42-37(56)31(50)23(48)13-61-42)43(66-29)64-27-12-19-21(46)10-18(44)11-24(19)63-39(27)17-4-5-20(45)22(47)9-17/h3-12,23,28-29,31,33-38,40-43,45-48,50-57H,13-15H2,1-2H3/p+1/b6-3+/t23-,28-,29-,31+,33-,34+,35+,36+,37-,38-,40-,41-,42+,43-/m1/s1. The van der Waals surface area contributed by atoms with Crippen LogP contribution in [0.5, 0.6) is 40.2 Å². The van der Waals surface area contributed by atoms with Crippen LogP contribution in [0.4, 0.5) is 0 Å². The topological polar surface area (TPSA) is 377 Å². The van der Waals surface area contributed by atoms with E-state index in [0.717, 1.165) is 30.3 Å². The molecule has 3 fully saturated rings. The van der Waals surface area contributed by atoms with Crippen LogP contribution < -0.4 is 19.6 Å². The molecule has 0 unspecified atom stereocenters. The largest absolute Gasteiger partial charge is 0.510 e. The number of benzene rings is 3. The van der Waals surface area contributed by atoms with E-state index in [1.54, 1.807) is 0 Å². The molecule has 2 aromatic carbocycles. The van der Waals surface area contributed by atoms with Crippen LogP contribution in [0.1, 0.15) is 5.56 Å². The zero-order valence-corrected chi connectivity index (χ0v) is 35.3. The molecule has 0 amide bonds. The van der Waals surface area contributed by atoms with E-state index in [4.69, 9.17) is 47.0 Å². The zero-order chi connectivity index (χ0) is 48.4. The average molecular weight is 950 g/mol. The predicted molar refractivity (Wildman–Crippen MR) is 222 cm³/mol. The SMILES string of the molecule is COc1cc(/C=C/C(=[OH+])OC[C@H]2O[C@@H](OC[C@H]3O[C@@H](Oc4cc5c(O)cc(=O)cc-5oc4-c4ccc(O)c(O)c4)[C@H](O[C@@H]4OC[C@@H](O)[C@H](O)[C@H]4O)[C@@H](O)[C@H]3O)[C@H](O)[C@@H](O)[C@@H]2O)cc(OC)c1O. The summed E-state index contributed by atoms with van der Waals surface area (Å²) in [6, 6.07) is 9.46. The van der Waals surface area contributed by atoms with Gasteiger partial charge in [-0.25, -0.2) is 0 Å². The number of carbonyl (C=O) groups excluding carboxylic acids is 1. The van der Waals surface area contributed by atoms with Gasteiger partial charge in [0.1, 0.15) is 72.5 Å². The first kappa shape index (κ1) is 49.1. The number of hydrogen-bond donors (Lipinski definition) is 12. The molecular weight excluding hydrogens is 900 g/mol. The molecular formula is C43H49O24+. The van der Waals surface area contributed by atoms with E-state index < -0.39 is 134 Å². The summed E-state index contributed by atoms with van der Waals surface area (Å²) in [5.41, 5.74) is -0.284. The Hall–Kier alpha value is -5.84. The lowest BCUT2D eigenvalue weighted by molar-refractivity contribution is -0.353. The van der Waals surface area contributed by atoms with Crippen LogP contribution >= 0.6 is 0 Å². The number of aromatic hydroxyl groups is 4. The van der Waals surface area contributed by atoms with Crippen LogP contribution in [-0.4, -0.2) is 192 Å². The Bertz CT molecular complexity index is 2400. The summed E-state index contributed by atoms with van der Waals surface area (Å²) >= 11 is 0. The molecule has 24 nitrogen and oxygen atoms in total. The molecule has 0 spiro atoms. The van der Waals surface area contributed by atoms with Gasteiger partial charge in [0.15, 0.2) is 58.6 Å². The highest BCUT2D eigenvalue weighted by Crippen LogP contribution is 2.44. The normalized spacial score (nSPS) is 31.1. The summed E-state index contributed by atoms with van der Waals surface area (Å²) in [7, 11) is 2.65. The maximum absolute atomic E-state index is 12.3. The van der Waals surface area contributed by atoms with Gasteiger partial charge in [0, 0.05) is 17.7 Å². The molecule has 4 heterocycles. The lowest BCUT2D eigenvalue weighted by atomic mass is 9.97. The molecule has 3 saturated heterocycles. The minimum atomic E-state index is -2.04. The first-order valence-corrected chi connectivity index (χ1v) is 20.3. The second kappa shape index (κ2) is 20.6. The third kappa shape index (κ3) is 10.5. The number of hydrogen-bond acceptors (Lipinski definition) is 23. The highest BCUT2D eigenvalue weighted by molar-refractivity contribution is 5.88. The summed E-state index contributed by atoms with van der Waals surface area (Å²) in [6.45, 7) is -1.93. The van der Waals surface area contributed by atoms with Crippen LogP contribution in [0, 0.1) is 0 Å². The molecule has 0 radical (unpaired) electrons. The van der Waals surface area contributed by atoms with E-state index in [0.29, 0.717) is 5.56 Å². The fourth-order valence-corrected chi connectivity index (χ4v) is 7.36. The number of phenolic OH excluding ortho intramolecular Hbond substituents is 4. The van der Waals surface area contributed by atoms with Crippen molar-refractivity contribution in [2.75, 3.05) is 34.0 Å². The molecule has 0 aromatic heterocycles. The second-order valence-corrected chi connectivity index (χ2v) is 15.6. The van der Waals surface area contributed by atoms with Gasteiger partial charge in [-0.2, -0.15) is 0 Å². The number of aliphatic hydroxyl groups excluding tert-OH is 8. The molecule has 24 heteroatoms. The van der Waals surface area contributed by atoms with Crippen molar-refractivity contribution in [1.82, 2.24) is 0 Å². The van der Waals surface area contributed by atoms with Crippen LogP contribution in [0.15, 0.2) is 63.8 Å². The van der Waals surface area contributed by atoms with Crippen LogP contribution in [0.25, 0.3) is 28.7 Å². The predicted octanol–water partition coefficient (Wildman–Crippen LogP) is -2.04. The minimum Gasteiger partial charge on any atom is -0.507 e. The van der Waals surface area contributed by atoms with Gasteiger partial charge in [-0.15, -0.1) is 0 Å². The highest BCUT2D eigenvalue weighted by Gasteiger charge is 2.52. The number of rotatable bonds is 14. The summed E-state index contributed by atoms with van der Waals surface area (Å²) in [4.78, 5) is 22.8. The third-order valence-corrected chi connectivity index (χ3v) is 11.1. The molecule has 5 aliphatic rings.